The number of nitriles is 1. The van der Waals surface area contributed by atoms with Crippen molar-refractivity contribution in [2.75, 3.05) is 45.1 Å². The number of carbonyl (C=O) groups excluding carboxylic acids is 1. The first-order valence-corrected chi connectivity index (χ1v) is 13.8. The van der Waals surface area contributed by atoms with Crippen LogP contribution >= 0.6 is 11.3 Å². The van der Waals surface area contributed by atoms with Crippen molar-refractivity contribution in [3.63, 3.8) is 0 Å². The Morgan fingerprint density at radius 1 is 1.00 bits per heavy atom. The molecule has 0 unspecified atom stereocenters. The molecule has 0 radical (unpaired) electrons. The molecule has 1 aromatic heterocycles. The molecule has 39 heavy (non-hydrogen) atoms. The summed E-state index contributed by atoms with van der Waals surface area (Å²) in [6.07, 6.45) is -3.81. The molecule has 10 heteroatoms. The Bertz CT molecular complexity index is 1370. The van der Waals surface area contributed by atoms with E-state index in [9.17, 15) is 18.0 Å². The van der Waals surface area contributed by atoms with Crippen LogP contribution in [0.3, 0.4) is 0 Å². The third-order valence-corrected chi connectivity index (χ3v) is 8.35. The molecule has 5 rings (SSSR count). The number of nitrogens with one attached hydrogen (secondary N) is 1. The van der Waals surface area contributed by atoms with Crippen LogP contribution in [-0.4, -0.2) is 60.4 Å². The molecule has 0 spiro atoms. The van der Waals surface area contributed by atoms with E-state index in [2.05, 4.69) is 26.1 Å². The summed E-state index contributed by atoms with van der Waals surface area (Å²) in [6.45, 7) is 5.94. The normalized spacial score (nSPS) is 17.0. The van der Waals surface area contributed by atoms with E-state index in [-0.39, 0.29) is 11.6 Å². The SMILES string of the molecule is CN1CCN(Cc2cc(NC(=O)c3csc4c3CCN(Cc3ccc(C#N)cc3)C4)cc(C(F)(F)F)c2)CC1. The van der Waals surface area contributed by atoms with E-state index < -0.39 is 11.7 Å². The number of anilines is 1. The molecule has 1 fully saturated rings. The lowest BCUT2D eigenvalue weighted by Gasteiger charge is -2.32. The average molecular weight is 554 g/mol. The van der Waals surface area contributed by atoms with Crippen LogP contribution in [0.4, 0.5) is 18.9 Å². The number of hydrogen-bond donors (Lipinski definition) is 1. The van der Waals surface area contributed by atoms with Crippen LogP contribution in [0.5, 0.6) is 0 Å². The first-order valence-electron chi connectivity index (χ1n) is 12.9. The summed E-state index contributed by atoms with van der Waals surface area (Å²) in [5.41, 5.74) is 3.19. The highest BCUT2D eigenvalue weighted by Gasteiger charge is 2.32. The summed E-state index contributed by atoms with van der Waals surface area (Å²) in [4.78, 5) is 21.0. The van der Waals surface area contributed by atoms with E-state index in [1.165, 1.54) is 17.4 Å². The molecule has 204 valence electrons. The molecule has 2 aliphatic rings. The van der Waals surface area contributed by atoms with E-state index >= 15 is 0 Å². The van der Waals surface area contributed by atoms with Crippen LogP contribution < -0.4 is 5.32 Å². The second-order valence-corrected chi connectivity index (χ2v) is 11.2. The Labute approximate surface area is 230 Å². The van der Waals surface area contributed by atoms with Gasteiger partial charge in [0, 0.05) is 68.3 Å². The Morgan fingerprint density at radius 3 is 2.41 bits per heavy atom. The van der Waals surface area contributed by atoms with Gasteiger partial charge < -0.3 is 10.2 Å². The van der Waals surface area contributed by atoms with E-state index in [4.69, 9.17) is 5.26 Å². The first-order chi connectivity index (χ1) is 18.7. The lowest BCUT2D eigenvalue weighted by atomic mass is 10.0. The predicted molar refractivity (Wildman–Crippen MR) is 145 cm³/mol. The van der Waals surface area contributed by atoms with Crippen molar-refractivity contribution < 1.29 is 18.0 Å². The summed E-state index contributed by atoms with van der Waals surface area (Å²) in [5.74, 6) is -0.377. The summed E-state index contributed by atoms with van der Waals surface area (Å²) >= 11 is 1.51. The number of nitrogens with zero attached hydrogens (tertiary/aromatic N) is 4. The standard InChI is InChI=1S/C29H30F3N5OS/c1-35-8-10-36(11-9-35)17-22-12-23(29(30,31)32)14-24(13-22)34-28(38)26-19-39-27-18-37(7-6-25(26)27)16-21-4-2-20(15-33)3-5-21/h2-5,12-14,19H,6-11,16-18H2,1H3,(H,34,38). The number of amides is 1. The average Bonchev–Trinajstić information content (AvgIpc) is 3.33. The maximum atomic E-state index is 13.7. The number of thiophene rings is 1. The Morgan fingerprint density at radius 2 is 1.72 bits per heavy atom. The number of carbonyl (C=O) groups is 1. The minimum atomic E-state index is -4.50. The fourth-order valence-corrected chi connectivity index (χ4v) is 6.25. The largest absolute Gasteiger partial charge is 0.416 e. The fourth-order valence-electron chi connectivity index (χ4n) is 5.13. The second kappa shape index (κ2) is 11.5. The molecule has 0 atom stereocenters. The molecule has 2 aromatic carbocycles. The van der Waals surface area contributed by atoms with Gasteiger partial charge in [0.15, 0.2) is 0 Å². The topological polar surface area (TPSA) is 62.6 Å². The summed E-state index contributed by atoms with van der Waals surface area (Å²) < 4.78 is 41.1. The van der Waals surface area contributed by atoms with Gasteiger partial charge in [-0.3, -0.25) is 14.6 Å². The van der Waals surface area contributed by atoms with Gasteiger partial charge in [0.2, 0.25) is 0 Å². The molecule has 6 nitrogen and oxygen atoms in total. The zero-order chi connectivity index (χ0) is 27.6. The zero-order valence-electron chi connectivity index (χ0n) is 21.7. The molecule has 1 saturated heterocycles. The van der Waals surface area contributed by atoms with Gasteiger partial charge >= 0.3 is 6.18 Å². The van der Waals surface area contributed by atoms with Crippen molar-refractivity contribution in [3.05, 3.63) is 86.1 Å². The van der Waals surface area contributed by atoms with Gasteiger partial charge in [-0.15, -0.1) is 11.3 Å². The van der Waals surface area contributed by atoms with Gasteiger partial charge in [-0.25, -0.2) is 0 Å². The van der Waals surface area contributed by atoms with Crippen molar-refractivity contribution in [3.8, 4) is 6.07 Å². The van der Waals surface area contributed by atoms with E-state index in [0.29, 0.717) is 36.2 Å². The summed E-state index contributed by atoms with van der Waals surface area (Å²) in [5, 5.41) is 13.6. The monoisotopic (exact) mass is 553 g/mol. The van der Waals surface area contributed by atoms with Gasteiger partial charge in [0.25, 0.3) is 5.91 Å². The van der Waals surface area contributed by atoms with Crippen molar-refractivity contribution in [2.24, 2.45) is 0 Å². The van der Waals surface area contributed by atoms with Crippen molar-refractivity contribution >= 4 is 22.9 Å². The summed E-state index contributed by atoms with van der Waals surface area (Å²) in [6, 6.07) is 13.5. The number of fused-ring (bicyclic) bond motifs is 1. The van der Waals surface area contributed by atoms with Crippen LogP contribution in [0.25, 0.3) is 0 Å². The minimum Gasteiger partial charge on any atom is -0.322 e. The molecule has 0 saturated carbocycles. The Kier molecular flexibility index (Phi) is 8.05. The van der Waals surface area contributed by atoms with Crippen LogP contribution in [0.2, 0.25) is 0 Å². The number of likely N-dealkylation sites (N-methyl/N-ethyl adjacent to an activating group) is 1. The molecule has 0 aliphatic carbocycles. The maximum absolute atomic E-state index is 13.7. The van der Waals surface area contributed by atoms with Gasteiger partial charge in [0.05, 0.1) is 22.8 Å². The lowest BCUT2D eigenvalue weighted by molar-refractivity contribution is -0.137. The van der Waals surface area contributed by atoms with Crippen LogP contribution in [0, 0.1) is 11.3 Å². The molecule has 2 aliphatic heterocycles. The smallest absolute Gasteiger partial charge is 0.322 e. The van der Waals surface area contributed by atoms with E-state index in [1.807, 2.05) is 36.7 Å². The van der Waals surface area contributed by atoms with Crippen LogP contribution in [-0.2, 0) is 32.2 Å². The predicted octanol–water partition coefficient (Wildman–Crippen LogP) is 5.20. The van der Waals surface area contributed by atoms with Crippen molar-refractivity contribution in [2.45, 2.75) is 32.2 Å². The number of hydrogen-bond acceptors (Lipinski definition) is 6. The molecule has 3 heterocycles. The Hall–Kier alpha value is -3.23. The minimum absolute atomic E-state index is 0.164. The van der Waals surface area contributed by atoms with Gasteiger partial charge in [0.1, 0.15) is 0 Å². The zero-order valence-corrected chi connectivity index (χ0v) is 22.5. The number of piperazine rings is 1. The number of rotatable bonds is 6. The van der Waals surface area contributed by atoms with Gasteiger partial charge in [-0.2, -0.15) is 18.4 Å². The third-order valence-electron chi connectivity index (χ3n) is 7.34. The summed E-state index contributed by atoms with van der Waals surface area (Å²) in [7, 11) is 2.03. The van der Waals surface area contributed by atoms with Crippen LogP contribution in [0.1, 0.15) is 43.1 Å². The first kappa shape index (κ1) is 27.3. The van der Waals surface area contributed by atoms with Crippen molar-refractivity contribution in [1.82, 2.24) is 14.7 Å². The number of halogens is 3. The van der Waals surface area contributed by atoms with Crippen LogP contribution in [0.15, 0.2) is 47.8 Å². The molecule has 1 amide bonds. The number of alkyl halides is 3. The maximum Gasteiger partial charge on any atom is 0.416 e. The Balaban J connectivity index is 1.28. The molecule has 3 aromatic rings. The molecule has 1 N–H and O–H groups in total. The van der Waals surface area contributed by atoms with Crippen molar-refractivity contribution in [1.29, 1.82) is 5.26 Å². The quantitative estimate of drug-likeness (QED) is 0.455. The second-order valence-electron chi connectivity index (χ2n) is 10.3. The van der Waals surface area contributed by atoms with Gasteiger partial charge in [-0.05, 0) is 60.5 Å². The van der Waals surface area contributed by atoms with Gasteiger partial charge in [-0.1, -0.05) is 12.1 Å². The lowest BCUT2D eigenvalue weighted by Crippen LogP contribution is -2.43. The van der Waals surface area contributed by atoms with E-state index in [1.54, 1.807) is 6.07 Å². The molecule has 0 bridgehead atoms. The number of benzene rings is 2. The molecular weight excluding hydrogens is 523 g/mol. The van der Waals surface area contributed by atoms with E-state index in [0.717, 1.165) is 61.3 Å². The fraction of sp³-hybridized carbons (Fsp3) is 0.379. The molecular formula is C29H30F3N5OS. The highest BCUT2D eigenvalue weighted by atomic mass is 32.1. The third kappa shape index (κ3) is 6.68. The highest BCUT2D eigenvalue weighted by Crippen LogP contribution is 2.34. The highest BCUT2D eigenvalue weighted by molar-refractivity contribution is 7.10.